The summed E-state index contributed by atoms with van der Waals surface area (Å²) >= 11 is 0. The Morgan fingerprint density at radius 1 is 1.10 bits per heavy atom. The number of rotatable bonds is 3. The van der Waals surface area contributed by atoms with Crippen molar-refractivity contribution in [2.75, 3.05) is 12.4 Å². The zero-order valence-corrected chi connectivity index (χ0v) is 11.6. The first-order valence-corrected chi connectivity index (χ1v) is 6.67. The van der Waals surface area contributed by atoms with Crippen LogP contribution in [0.5, 0.6) is 5.75 Å². The number of anilines is 1. The molecule has 1 aliphatic heterocycles. The van der Waals surface area contributed by atoms with Gasteiger partial charge in [-0.1, -0.05) is 30.3 Å². The maximum Gasteiger partial charge on any atom is 0.235 e. The van der Waals surface area contributed by atoms with Crippen molar-refractivity contribution < 1.29 is 9.53 Å². The zero-order valence-electron chi connectivity index (χ0n) is 11.6. The number of benzene rings is 2. The summed E-state index contributed by atoms with van der Waals surface area (Å²) in [4.78, 5) is 12.3. The summed E-state index contributed by atoms with van der Waals surface area (Å²) in [5, 5.41) is 2.97. The van der Waals surface area contributed by atoms with Crippen LogP contribution in [-0.2, 0) is 16.6 Å². The van der Waals surface area contributed by atoms with E-state index in [2.05, 4.69) is 5.32 Å². The van der Waals surface area contributed by atoms with Gasteiger partial charge in [0.05, 0.1) is 12.5 Å². The largest absolute Gasteiger partial charge is 0.497 e. The van der Waals surface area contributed by atoms with Crippen LogP contribution in [0, 0.1) is 0 Å². The van der Waals surface area contributed by atoms with E-state index in [9.17, 15) is 4.79 Å². The average Bonchev–Trinajstić information content (AvgIpc) is 2.72. The lowest BCUT2D eigenvalue weighted by Crippen LogP contribution is -2.33. The summed E-state index contributed by atoms with van der Waals surface area (Å²) in [6, 6.07) is 15.8. The SMILES string of the molecule is COc1ccc(CC2(C)C(=O)Nc3ccccc32)cc1. The molecule has 0 saturated heterocycles. The molecule has 1 N–H and O–H groups in total. The molecule has 0 fully saturated rings. The summed E-state index contributed by atoms with van der Waals surface area (Å²) < 4.78 is 5.16. The predicted molar refractivity (Wildman–Crippen MR) is 79.1 cm³/mol. The summed E-state index contributed by atoms with van der Waals surface area (Å²) in [5.41, 5.74) is 2.61. The molecule has 2 aromatic rings. The molecular weight excluding hydrogens is 250 g/mol. The Hall–Kier alpha value is -2.29. The molecule has 1 unspecified atom stereocenters. The van der Waals surface area contributed by atoms with E-state index in [1.807, 2.05) is 55.5 Å². The van der Waals surface area contributed by atoms with Gasteiger partial charge in [-0.05, 0) is 42.7 Å². The first-order valence-electron chi connectivity index (χ1n) is 6.67. The fourth-order valence-corrected chi connectivity index (χ4v) is 2.78. The molecular formula is C17H17NO2. The Bertz CT molecular complexity index is 648. The molecule has 1 atom stereocenters. The van der Waals surface area contributed by atoms with E-state index >= 15 is 0 Å². The van der Waals surface area contributed by atoms with Crippen LogP contribution in [0.4, 0.5) is 5.69 Å². The van der Waals surface area contributed by atoms with Crippen molar-refractivity contribution in [3.63, 3.8) is 0 Å². The van der Waals surface area contributed by atoms with Gasteiger partial charge in [-0.3, -0.25) is 4.79 Å². The number of para-hydroxylation sites is 1. The topological polar surface area (TPSA) is 38.3 Å². The van der Waals surface area contributed by atoms with Gasteiger partial charge in [0.15, 0.2) is 0 Å². The van der Waals surface area contributed by atoms with Gasteiger partial charge in [0, 0.05) is 5.69 Å². The summed E-state index contributed by atoms with van der Waals surface area (Å²) in [5.74, 6) is 0.893. The van der Waals surface area contributed by atoms with Crippen molar-refractivity contribution in [3.8, 4) is 5.75 Å². The van der Waals surface area contributed by atoms with Gasteiger partial charge in [0.25, 0.3) is 0 Å². The van der Waals surface area contributed by atoms with Crippen LogP contribution in [0.15, 0.2) is 48.5 Å². The Morgan fingerprint density at radius 2 is 1.80 bits per heavy atom. The van der Waals surface area contributed by atoms with Crippen molar-refractivity contribution in [1.29, 1.82) is 0 Å². The molecule has 0 saturated carbocycles. The summed E-state index contributed by atoms with van der Waals surface area (Å²) in [7, 11) is 1.65. The Kier molecular flexibility index (Phi) is 2.97. The van der Waals surface area contributed by atoms with Crippen molar-refractivity contribution in [2.24, 2.45) is 0 Å². The van der Waals surface area contributed by atoms with Gasteiger partial charge in [-0.25, -0.2) is 0 Å². The van der Waals surface area contributed by atoms with E-state index in [4.69, 9.17) is 4.74 Å². The number of ether oxygens (including phenoxy) is 1. The Morgan fingerprint density at radius 3 is 2.50 bits per heavy atom. The van der Waals surface area contributed by atoms with E-state index in [0.29, 0.717) is 6.42 Å². The number of carbonyl (C=O) groups excluding carboxylic acids is 1. The number of methoxy groups -OCH3 is 1. The van der Waals surface area contributed by atoms with Crippen molar-refractivity contribution in [1.82, 2.24) is 0 Å². The molecule has 102 valence electrons. The lowest BCUT2D eigenvalue weighted by atomic mass is 9.78. The quantitative estimate of drug-likeness (QED) is 0.927. The predicted octanol–water partition coefficient (Wildman–Crippen LogP) is 3.15. The minimum Gasteiger partial charge on any atom is -0.497 e. The third-order valence-corrected chi connectivity index (χ3v) is 3.99. The molecule has 1 heterocycles. The lowest BCUT2D eigenvalue weighted by molar-refractivity contribution is -0.120. The van der Waals surface area contributed by atoms with Gasteiger partial charge in [-0.2, -0.15) is 0 Å². The first-order chi connectivity index (χ1) is 9.63. The van der Waals surface area contributed by atoms with Crippen molar-refractivity contribution in [2.45, 2.75) is 18.8 Å². The maximum atomic E-state index is 12.3. The molecule has 0 aromatic heterocycles. The summed E-state index contributed by atoms with van der Waals surface area (Å²) in [6.45, 7) is 2.00. The third kappa shape index (κ3) is 1.95. The second-order valence-electron chi connectivity index (χ2n) is 5.36. The highest BCUT2D eigenvalue weighted by molar-refractivity contribution is 6.06. The van der Waals surface area contributed by atoms with E-state index in [0.717, 1.165) is 22.6 Å². The molecule has 0 aliphatic carbocycles. The fraction of sp³-hybridized carbons (Fsp3) is 0.235. The number of fused-ring (bicyclic) bond motifs is 1. The van der Waals surface area contributed by atoms with Crippen molar-refractivity contribution >= 4 is 11.6 Å². The minimum absolute atomic E-state index is 0.0644. The number of nitrogens with one attached hydrogen (secondary N) is 1. The van der Waals surface area contributed by atoms with Crippen molar-refractivity contribution in [3.05, 3.63) is 59.7 Å². The van der Waals surface area contributed by atoms with E-state index in [1.54, 1.807) is 7.11 Å². The molecule has 20 heavy (non-hydrogen) atoms. The molecule has 1 aliphatic rings. The van der Waals surface area contributed by atoms with Crippen LogP contribution in [0.25, 0.3) is 0 Å². The highest BCUT2D eigenvalue weighted by atomic mass is 16.5. The maximum absolute atomic E-state index is 12.3. The van der Waals surface area contributed by atoms with Gasteiger partial charge >= 0.3 is 0 Å². The monoisotopic (exact) mass is 267 g/mol. The molecule has 2 aromatic carbocycles. The van der Waals surface area contributed by atoms with Gasteiger partial charge < -0.3 is 10.1 Å². The van der Waals surface area contributed by atoms with E-state index in [-0.39, 0.29) is 5.91 Å². The van der Waals surface area contributed by atoms with Gasteiger partial charge in [0.2, 0.25) is 5.91 Å². The molecule has 3 rings (SSSR count). The standard InChI is InChI=1S/C17H17NO2/c1-17(11-12-7-9-13(20-2)10-8-12)14-5-3-4-6-15(14)18-16(17)19/h3-10H,11H2,1-2H3,(H,18,19). The fourth-order valence-electron chi connectivity index (χ4n) is 2.78. The number of carbonyl (C=O) groups is 1. The molecule has 0 bridgehead atoms. The minimum atomic E-state index is -0.509. The second-order valence-corrected chi connectivity index (χ2v) is 5.36. The van der Waals surface area contributed by atoms with Crippen LogP contribution < -0.4 is 10.1 Å². The molecule has 1 amide bonds. The van der Waals surface area contributed by atoms with Gasteiger partial charge in [0.1, 0.15) is 5.75 Å². The normalized spacial score (nSPS) is 20.4. The van der Waals surface area contributed by atoms with E-state index in [1.165, 1.54) is 0 Å². The highest BCUT2D eigenvalue weighted by Gasteiger charge is 2.42. The number of amides is 1. The highest BCUT2D eigenvalue weighted by Crippen LogP contribution is 2.39. The Balaban J connectivity index is 1.94. The first kappa shape index (κ1) is 12.7. The van der Waals surface area contributed by atoms with Gasteiger partial charge in [-0.15, -0.1) is 0 Å². The third-order valence-electron chi connectivity index (χ3n) is 3.99. The van der Waals surface area contributed by atoms with Crippen LogP contribution in [0.2, 0.25) is 0 Å². The van der Waals surface area contributed by atoms with Crippen LogP contribution in [-0.4, -0.2) is 13.0 Å². The molecule has 3 heteroatoms. The average molecular weight is 267 g/mol. The molecule has 0 radical (unpaired) electrons. The molecule has 0 spiro atoms. The van der Waals surface area contributed by atoms with Crippen LogP contribution >= 0.6 is 0 Å². The number of hydrogen-bond acceptors (Lipinski definition) is 2. The van der Waals surface area contributed by atoms with E-state index < -0.39 is 5.41 Å². The zero-order chi connectivity index (χ0) is 14.2. The summed E-state index contributed by atoms with van der Waals surface area (Å²) in [6.07, 6.45) is 0.680. The smallest absolute Gasteiger partial charge is 0.235 e. The number of hydrogen-bond donors (Lipinski definition) is 1. The lowest BCUT2D eigenvalue weighted by Gasteiger charge is -2.22. The van der Waals surface area contributed by atoms with Crippen LogP contribution in [0.1, 0.15) is 18.1 Å². The van der Waals surface area contributed by atoms with Crippen LogP contribution in [0.3, 0.4) is 0 Å². The second kappa shape index (κ2) is 4.67. The molecule has 3 nitrogen and oxygen atoms in total. The Labute approximate surface area is 118 Å².